The predicted octanol–water partition coefficient (Wildman–Crippen LogP) is 2.81. The van der Waals surface area contributed by atoms with Crippen molar-refractivity contribution >= 4 is 12.0 Å². The van der Waals surface area contributed by atoms with E-state index in [1.807, 2.05) is 12.0 Å². The van der Waals surface area contributed by atoms with E-state index in [9.17, 15) is 18.0 Å². The van der Waals surface area contributed by atoms with Gasteiger partial charge in [-0.1, -0.05) is 24.3 Å². The summed E-state index contributed by atoms with van der Waals surface area (Å²) in [5.41, 5.74) is 0.0313. The van der Waals surface area contributed by atoms with Crippen LogP contribution in [0.1, 0.15) is 11.1 Å². The second-order valence-electron chi connectivity index (χ2n) is 4.59. The fraction of sp³-hybridized carbons (Fsp3) is 0.267. The molecule has 0 aromatic heterocycles. The van der Waals surface area contributed by atoms with Gasteiger partial charge in [0.15, 0.2) is 0 Å². The van der Waals surface area contributed by atoms with Gasteiger partial charge in [-0.25, -0.2) is 0 Å². The van der Waals surface area contributed by atoms with Crippen LogP contribution in [0.2, 0.25) is 0 Å². The van der Waals surface area contributed by atoms with Gasteiger partial charge in [-0.2, -0.15) is 13.2 Å². The van der Waals surface area contributed by atoms with Crippen molar-refractivity contribution in [1.29, 1.82) is 0 Å². The molecule has 0 spiro atoms. The maximum Gasteiger partial charge on any atom is 0.416 e. The van der Waals surface area contributed by atoms with Crippen LogP contribution >= 0.6 is 0 Å². The number of benzene rings is 1. The van der Waals surface area contributed by atoms with Gasteiger partial charge in [-0.05, 0) is 23.6 Å². The van der Waals surface area contributed by atoms with E-state index in [0.29, 0.717) is 18.7 Å². The SMILES string of the molecule is C#CC(=O)N1CC(C=Cc2ccc(C(F)(F)F)cc2)C1. The molecule has 1 aromatic rings. The second kappa shape index (κ2) is 5.41. The summed E-state index contributed by atoms with van der Waals surface area (Å²) in [5, 5.41) is 0. The summed E-state index contributed by atoms with van der Waals surface area (Å²) in [4.78, 5) is 12.6. The Morgan fingerprint density at radius 1 is 1.30 bits per heavy atom. The third-order valence-electron chi connectivity index (χ3n) is 3.12. The zero-order valence-corrected chi connectivity index (χ0v) is 10.5. The molecule has 1 amide bonds. The number of likely N-dealkylation sites (tertiary alicyclic amines) is 1. The molecule has 2 rings (SSSR count). The van der Waals surface area contributed by atoms with Gasteiger partial charge < -0.3 is 4.90 Å². The number of amides is 1. The Kier molecular flexibility index (Phi) is 3.84. The Balaban J connectivity index is 1.91. The standard InChI is InChI=1S/C15H12F3NO/c1-2-14(20)19-9-12(10-19)4-3-11-5-7-13(8-6-11)15(16,17)18/h1,3-8,12H,9-10H2. The van der Waals surface area contributed by atoms with Gasteiger partial charge in [-0.3, -0.25) is 4.79 Å². The summed E-state index contributed by atoms with van der Waals surface area (Å²) in [6.07, 6.45) is 4.31. The molecule has 0 bridgehead atoms. The van der Waals surface area contributed by atoms with Crippen molar-refractivity contribution in [2.45, 2.75) is 6.18 Å². The maximum atomic E-state index is 12.4. The number of terminal acetylenes is 1. The Bertz CT molecular complexity index is 560. The first kappa shape index (κ1) is 14.2. The molecule has 0 N–H and O–H groups in total. The molecule has 2 nitrogen and oxygen atoms in total. The van der Waals surface area contributed by atoms with E-state index >= 15 is 0 Å². The van der Waals surface area contributed by atoms with Gasteiger partial charge in [0.2, 0.25) is 0 Å². The van der Waals surface area contributed by atoms with Crippen LogP contribution in [0, 0.1) is 18.3 Å². The quantitative estimate of drug-likeness (QED) is 0.762. The van der Waals surface area contributed by atoms with Gasteiger partial charge in [-0.15, -0.1) is 6.42 Å². The lowest BCUT2D eigenvalue weighted by molar-refractivity contribution is -0.137. The van der Waals surface area contributed by atoms with Crippen molar-refractivity contribution in [3.05, 3.63) is 41.5 Å². The minimum absolute atomic E-state index is 0.203. The minimum Gasteiger partial charge on any atom is -0.331 e. The Morgan fingerprint density at radius 2 is 1.90 bits per heavy atom. The average Bonchev–Trinajstić information content (AvgIpc) is 2.36. The predicted molar refractivity (Wildman–Crippen MR) is 69.4 cm³/mol. The highest BCUT2D eigenvalue weighted by molar-refractivity contribution is 5.93. The summed E-state index contributed by atoms with van der Waals surface area (Å²) in [6.45, 7) is 1.11. The number of hydrogen-bond acceptors (Lipinski definition) is 1. The Labute approximate surface area is 114 Å². The van der Waals surface area contributed by atoms with E-state index in [2.05, 4.69) is 0 Å². The maximum absolute atomic E-state index is 12.4. The first-order valence-corrected chi connectivity index (χ1v) is 6.01. The monoisotopic (exact) mass is 279 g/mol. The summed E-state index contributed by atoms with van der Waals surface area (Å²) in [5.74, 6) is 1.91. The van der Waals surface area contributed by atoms with Gasteiger partial charge in [0.25, 0.3) is 5.91 Å². The van der Waals surface area contributed by atoms with Crippen LogP contribution in [-0.2, 0) is 11.0 Å². The number of rotatable bonds is 2. The molecule has 5 heteroatoms. The zero-order valence-electron chi connectivity index (χ0n) is 10.5. The number of nitrogens with zero attached hydrogens (tertiary/aromatic N) is 1. The third-order valence-corrected chi connectivity index (χ3v) is 3.12. The summed E-state index contributed by atoms with van der Waals surface area (Å²) in [7, 11) is 0. The first-order valence-electron chi connectivity index (χ1n) is 6.01. The molecule has 104 valence electrons. The van der Waals surface area contributed by atoms with E-state index in [1.165, 1.54) is 12.1 Å². The molecule has 0 radical (unpaired) electrons. The molecular formula is C15H12F3NO. The van der Waals surface area contributed by atoms with Crippen LogP contribution in [0.5, 0.6) is 0 Å². The number of hydrogen-bond donors (Lipinski definition) is 0. The molecule has 1 aromatic carbocycles. The van der Waals surface area contributed by atoms with E-state index in [4.69, 9.17) is 6.42 Å². The van der Waals surface area contributed by atoms with Crippen molar-refractivity contribution in [3.63, 3.8) is 0 Å². The molecule has 1 saturated heterocycles. The van der Waals surface area contributed by atoms with Crippen molar-refractivity contribution in [1.82, 2.24) is 4.90 Å². The summed E-state index contributed by atoms with van der Waals surface area (Å²) < 4.78 is 37.1. The highest BCUT2D eigenvalue weighted by Crippen LogP contribution is 2.29. The molecule has 1 aliphatic rings. The number of halogens is 3. The topological polar surface area (TPSA) is 20.3 Å². The van der Waals surface area contributed by atoms with E-state index < -0.39 is 11.7 Å². The van der Waals surface area contributed by atoms with Crippen LogP contribution in [-0.4, -0.2) is 23.9 Å². The van der Waals surface area contributed by atoms with Crippen LogP contribution in [0.3, 0.4) is 0 Å². The smallest absolute Gasteiger partial charge is 0.331 e. The molecule has 0 atom stereocenters. The molecule has 20 heavy (non-hydrogen) atoms. The van der Waals surface area contributed by atoms with Gasteiger partial charge in [0.05, 0.1) is 5.56 Å². The molecule has 1 fully saturated rings. The summed E-state index contributed by atoms with van der Waals surface area (Å²) >= 11 is 0. The molecule has 0 unspecified atom stereocenters. The molecular weight excluding hydrogens is 267 g/mol. The fourth-order valence-corrected chi connectivity index (χ4v) is 1.92. The first-order chi connectivity index (χ1) is 9.40. The number of carbonyl (C=O) groups excluding carboxylic acids is 1. The minimum atomic E-state index is -4.31. The molecule has 1 heterocycles. The van der Waals surface area contributed by atoms with Crippen LogP contribution in [0.25, 0.3) is 6.08 Å². The van der Waals surface area contributed by atoms with Crippen LogP contribution < -0.4 is 0 Å². The lowest BCUT2D eigenvalue weighted by Crippen LogP contribution is -2.48. The molecule has 1 aliphatic heterocycles. The van der Waals surface area contributed by atoms with Crippen LogP contribution in [0.4, 0.5) is 13.2 Å². The van der Waals surface area contributed by atoms with Crippen LogP contribution in [0.15, 0.2) is 30.3 Å². The van der Waals surface area contributed by atoms with Gasteiger partial charge in [0, 0.05) is 19.0 Å². The number of alkyl halides is 3. The lowest BCUT2D eigenvalue weighted by Gasteiger charge is -2.36. The second-order valence-corrected chi connectivity index (χ2v) is 4.59. The van der Waals surface area contributed by atoms with Gasteiger partial charge in [0.1, 0.15) is 0 Å². The largest absolute Gasteiger partial charge is 0.416 e. The Morgan fingerprint density at radius 3 is 2.40 bits per heavy atom. The van der Waals surface area contributed by atoms with Crippen molar-refractivity contribution in [2.75, 3.05) is 13.1 Å². The molecule has 0 saturated carbocycles. The average molecular weight is 279 g/mol. The van der Waals surface area contributed by atoms with Crippen molar-refractivity contribution in [2.24, 2.45) is 5.92 Å². The van der Waals surface area contributed by atoms with Crippen molar-refractivity contribution < 1.29 is 18.0 Å². The normalized spacial score (nSPS) is 16.0. The summed E-state index contributed by atoms with van der Waals surface area (Å²) in [6, 6.07) is 4.94. The van der Waals surface area contributed by atoms with Crippen molar-refractivity contribution in [3.8, 4) is 12.3 Å². The zero-order chi connectivity index (χ0) is 14.8. The van der Waals surface area contributed by atoms with Gasteiger partial charge >= 0.3 is 6.18 Å². The van der Waals surface area contributed by atoms with E-state index in [1.54, 1.807) is 11.0 Å². The highest BCUT2D eigenvalue weighted by atomic mass is 19.4. The highest BCUT2D eigenvalue weighted by Gasteiger charge is 2.30. The molecule has 0 aliphatic carbocycles. The fourth-order valence-electron chi connectivity index (χ4n) is 1.92. The lowest BCUT2D eigenvalue weighted by atomic mass is 9.98. The van der Waals surface area contributed by atoms with E-state index in [0.717, 1.165) is 12.1 Å². The van der Waals surface area contributed by atoms with E-state index in [-0.39, 0.29) is 11.8 Å². The number of carbonyl (C=O) groups is 1. The third kappa shape index (κ3) is 3.21. The Hall–Kier alpha value is -2.22.